The maximum Gasteiger partial charge on any atom is -0.0224 e. The van der Waals surface area contributed by atoms with Crippen molar-refractivity contribution in [3.05, 3.63) is 49.6 Å². The molecular weight excluding hydrogens is 132 g/mol. The fourth-order valence-electron chi connectivity index (χ4n) is 0.736. The van der Waals surface area contributed by atoms with Gasteiger partial charge in [-0.2, -0.15) is 0 Å². The third-order valence-corrected chi connectivity index (χ3v) is 1.36. The van der Waals surface area contributed by atoms with Gasteiger partial charge in [0.15, 0.2) is 0 Å². The van der Waals surface area contributed by atoms with Crippen molar-refractivity contribution < 1.29 is 0 Å². The van der Waals surface area contributed by atoms with Crippen molar-refractivity contribution in [2.45, 2.75) is 13.3 Å². The zero-order valence-corrected chi connectivity index (χ0v) is 7.16. The standard InChI is InChI=1S/C11H16/c1-4-6-8-10-11(3)9-7-5-2/h4-9,11H,1-2,10H2,3H3/b8-6+,9-7+. The molecule has 0 aromatic carbocycles. The molecule has 0 aliphatic carbocycles. The molecule has 0 aromatic rings. The van der Waals surface area contributed by atoms with E-state index in [9.17, 15) is 0 Å². The van der Waals surface area contributed by atoms with Gasteiger partial charge in [-0.05, 0) is 12.3 Å². The molecule has 0 amide bonds. The van der Waals surface area contributed by atoms with Crippen LogP contribution >= 0.6 is 0 Å². The molecule has 1 unspecified atom stereocenters. The summed E-state index contributed by atoms with van der Waals surface area (Å²) in [4.78, 5) is 0. The van der Waals surface area contributed by atoms with E-state index >= 15 is 0 Å². The summed E-state index contributed by atoms with van der Waals surface area (Å²) in [6.45, 7) is 9.38. The molecule has 0 heteroatoms. The lowest BCUT2D eigenvalue weighted by molar-refractivity contribution is 0.744. The minimum atomic E-state index is 0.587. The van der Waals surface area contributed by atoms with Crippen molar-refractivity contribution in [2.75, 3.05) is 0 Å². The van der Waals surface area contributed by atoms with Gasteiger partial charge in [-0.1, -0.05) is 56.5 Å². The smallest absolute Gasteiger partial charge is 0.0224 e. The molecule has 0 heterocycles. The van der Waals surface area contributed by atoms with Gasteiger partial charge in [0.05, 0.1) is 0 Å². The van der Waals surface area contributed by atoms with E-state index in [2.05, 4.69) is 32.2 Å². The van der Waals surface area contributed by atoms with E-state index in [1.165, 1.54) is 0 Å². The average molecular weight is 148 g/mol. The lowest BCUT2D eigenvalue weighted by Crippen LogP contribution is -1.84. The van der Waals surface area contributed by atoms with E-state index in [-0.39, 0.29) is 0 Å². The number of rotatable bonds is 5. The molecular formula is C11H16. The van der Waals surface area contributed by atoms with Crippen LogP contribution < -0.4 is 0 Å². The summed E-state index contributed by atoms with van der Waals surface area (Å²) in [5.41, 5.74) is 0. The van der Waals surface area contributed by atoms with E-state index in [0.717, 1.165) is 6.42 Å². The lowest BCUT2D eigenvalue weighted by Gasteiger charge is -1.98. The third kappa shape index (κ3) is 6.85. The predicted octanol–water partition coefficient (Wildman–Crippen LogP) is 3.50. The fraction of sp³-hybridized carbons (Fsp3) is 0.273. The molecule has 11 heavy (non-hydrogen) atoms. The molecule has 0 spiro atoms. The molecule has 0 saturated carbocycles. The Hall–Kier alpha value is -1.04. The van der Waals surface area contributed by atoms with Gasteiger partial charge in [0.1, 0.15) is 0 Å². The van der Waals surface area contributed by atoms with Crippen molar-refractivity contribution >= 4 is 0 Å². The van der Waals surface area contributed by atoms with E-state index < -0.39 is 0 Å². The zero-order chi connectivity index (χ0) is 8.53. The predicted molar refractivity (Wildman–Crippen MR) is 52.5 cm³/mol. The Morgan fingerprint density at radius 2 is 1.82 bits per heavy atom. The number of hydrogen-bond donors (Lipinski definition) is 0. The molecule has 0 fully saturated rings. The van der Waals surface area contributed by atoms with Crippen LogP contribution in [0.15, 0.2) is 49.6 Å². The maximum atomic E-state index is 3.61. The molecule has 0 rings (SSSR count). The first-order valence-corrected chi connectivity index (χ1v) is 3.88. The molecule has 0 aliphatic heterocycles. The monoisotopic (exact) mass is 148 g/mol. The maximum absolute atomic E-state index is 3.61. The first-order valence-electron chi connectivity index (χ1n) is 3.88. The van der Waals surface area contributed by atoms with Crippen LogP contribution in [0.25, 0.3) is 0 Å². The second kappa shape index (κ2) is 7.07. The number of allylic oxidation sites excluding steroid dienone is 6. The van der Waals surface area contributed by atoms with Crippen LogP contribution in [-0.2, 0) is 0 Å². The van der Waals surface area contributed by atoms with Gasteiger partial charge in [0.25, 0.3) is 0 Å². The zero-order valence-electron chi connectivity index (χ0n) is 7.16. The summed E-state index contributed by atoms with van der Waals surface area (Å²) >= 11 is 0. The second-order valence-corrected chi connectivity index (χ2v) is 2.50. The van der Waals surface area contributed by atoms with E-state index in [0.29, 0.717) is 5.92 Å². The Kier molecular flexibility index (Phi) is 6.40. The molecule has 0 N–H and O–H groups in total. The van der Waals surface area contributed by atoms with Crippen molar-refractivity contribution in [1.29, 1.82) is 0 Å². The van der Waals surface area contributed by atoms with E-state index in [1.807, 2.05) is 12.2 Å². The van der Waals surface area contributed by atoms with Crippen molar-refractivity contribution in [2.24, 2.45) is 5.92 Å². The van der Waals surface area contributed by atoms with Gasteiger partial charge >= 0.3 is 0 Å². The Balaban J connectivity index is 3.59. The molecule has 0 saturated heterocycles. The first-order chi connectivity index (χ1) is 5.31. The van der Waals surface area contributed by atoms with Crippen LogP contribution in [0, 0.1) is 5.92 Å². The second-order valence-electron chi connectivity index (χ2n) is 2.50. The van der Waals surface area contributed by atoms with Crippen molar-refractivity contribution in [1.82, 2.24) is 0 Å². The Bertz CT molecular complexity index is 161. The molecule has 0 aliphatic rings. The summed E-state index contributed by atoms with van der Waals surface area (Å²) in [7, 11) is 0. The SMILES string of the molecule is C=C/C=C/CC(C)/C=C/C=C. The highest BCUT2D eigenvalue weighted by Crippen LogP contribution is 2.04. The van der Waals surface area contributed by atoms with Crippen LogP contribution in [-0.4, -0.2) is 0 Å². The number of hydrogen-bond acceptors (Lipinski definition) is 0. The van der Waals surface area contributed by atoms with Crippen molar-refractivity contribution in [3.63, 3.8) is 0 Å². The van der Waals surface area contributed by atoms with Gasteiger partial charge in [-0.3, -0.25) is 0 Å². The minimum absolute atomic E-state index is 0.587. The lowest BCUT2D eigenvalue weighted by atomic mass is 10.1. The highest BCUT2D eigenvalue weighted by Gasteiger charge is 1.89. The van der Waals surface area contributed by atoms with Gasteiger partial charge < -0.3 is 0 Å². The van der Waals surface area contributed by atoms with Gasteiger partial charge in [0, 0.05) is 0 Å². The molecule has 0 radical (unpaired) electrons. The van der Waals surface area contributed by atoms with Gasteiger partial charge in [0.2, 0.25) is 0 Å². The summed E-state index contributed by atoms with van der Waals surface area (Å²) in [6.07, 6.45) is 12.9. The molecule has 0 bridgehead atoms. The topological polar surface area (TPSA) is 0 Å². The largest absolute Gasteiger partial charge is 0.0991 e. The third-order valence-electron chi connectivity index (χ3n) is 1.36. The fourth-order valence-corrected chi connectivity index (χ4v) is 0.736. The van der Waals surface area contributed by atoms with Crippen LogP contribution in [0.2, 0.25) is 0 Å². The summed E-state index contributed by atoms with van der Waals surface area (Å²) < 4.78 is 0. The Labute approximate surface area is 69.6 Å². The van der Waals surface area contributed by atoms with Crippen LogP contribution in [0.3, 0.4) is 0 Å². The molecule has 0 nitrogen and oxygen atoms in total. The van der Waals surface area contributed by atoms with E-state index in [1.54, 1.807) is 12.2 Å². The summed E-state index contributed by atoms with van der Waals surface area (Å²) in [5, 5.41) is 0. The molecule has 60 valence electrons. The average Bonchev–Trinajstić information content (AvgIpc) is 2.01. The minimum Gasteiger partial charge on any atom is -0.0991 e. The normalized spacial score (nSPS) is 13.9. The quantitative estimate of drug-likeness (QED) is 0.523. The van der Waals surface area contributed by atoms with Gasteiger partial charge in [-0.25, -0.2) is 0 Å². The summed E-state index contributed by atoms with van der Waals surface area (Å²) in [6, 6.07) is 0. The highest BCUT2D eigenvalue weighted by molar-refractivity contribution is 5.03. The summed E-state index contributed by atoms with van der Waals surface area (Å²) in [5.74, 6) is 0.587. The molecule has 0 aromatic heterocycles. The van der Waals surface area contributed by atoms with Gasteiger partial charge in [-0.15, -0.1) is 0 Å². The van der Waals surface area contributed by atoms with Crippen LogP contribution in [0.5, 0.6) is 0 Å². The molecule has 1 atom stereocenters. The van der Waals surface area contributed by atoms with Crippen LogP contribution in [0.1, 0.15) is 13.3 Å². The van der Waals surface area contributed by atoms with E-state index in [4.69, 9.17) is 0 Å². The van der Waals surface area contributed by atoms with Crippen LogP contribution in [0.4, 0.5) is 0 Å². The Morgan fingerprint density at radius 1 is 1.18 bits per heavy atom. The Morgan fingerprint density at radius 3 is 2.36 bits per heavy atom. The highest BCUT2D eigenvalue weighted by atomic mass is 13.9. The first kappa shape index (κ1) is 9.96. The van der Waals surface area contributed by atoms with Crippen molar-refractivity contribution in [3.8, 4) is 0 Å².